The zero-order valence-electron chi connectivity index (χ0n) is 14.1. The molecule has 0 aliphatic rings. The maximum absolute atomic E-state index is 12.1. The van der Waals surface area contributed by atoms with E-state index in [0.717, 1.165) is 16.9 Å². The molecule has 0 fully saturated rings. The SMILES string of the molecule is Cc1cccc(CCC(=O)NCC(C)c2nc3ccccc3s2)c1. The lowest BCUT2D eigenvalue weighted by Gasteiger charge is -2.10. The van der Waals surface area contributed by atoms with E-state index in [1.54, 1.807) is 11.3 Å². The number of aryl methyl sites for hydroxylation is 2. The van der Waals surface area contributed by atoms with Gasteiger partial charge in [-0.3, -0.25) is 4.79 Å². The highest BCUT2D eigenvalue weighted by molar-refractivity contribution is 7.18. The number of benzene rings is 2. The number of amides is 1. The third-order valence-corrected chi connectivity index (χ3v) is 5.33. The largest absolute Gasteiger partial charge is 0.355 e. The van der Waals surface area contributed by atoms with Crippen LogP contribution in [0.25, 0.3) is 10.2 Å². The van der Waals surface area contributed by atoms with Crippen LogP contribution in [0.2, 0.25) is 0 Å². The van der Waals surface area contributed by atoms with Crippen LogP contribution in [0.4, 0.5) is 0 Å². The summed E-state index contributed by atoms with van der Waals surface area (Å²) in [5.74, 6) is 0.329. The third-order valence-electron chi connectivity index (χ3n) is 4.06. The molecule has 1 unspecified atom stereocenters. The van der Waals surface area contributed by atoms with Gasteiger partial charge in [0.25, 0.3) is 0 Å². The Labute approximate surface area is 146 Å². The van der Waals surface area contributed by atoms with E-state index in [2.05, 4.69) is 48.4 Å². The summed E-state index contributed by atoms with van der Waals surface area (Å²) in [6.07, 6.45) is 1.30. The summed E-state index contributed by atoms with van der Waals surface area (Å²) >= 11 is 1.71. The van der Waals surface area contributed by atoms with Crippen LogP contribution in [0.5, 0.6) is 0 Å². The van der Waals surface area contributed by atoms with Gasteiger partial charge in [-0.05, 0) is 31.0 Å². The first-order chi connectivity index (χ1) is 11.6. The summed E-state index contributed by atoms with van der Waals surface area (Å²) in [7, 11) is 0. The Bertz CT molecular complexity index is 807. The lowest BCUT2D eigenvalue weighted by Crippen LogP contribution is -2.27. The standard InChI is InChI=1S/C20H22N2OS/c1-14-6-5-7-16(12-14)10-11-19(23)21-13-15(2)20-22-17-8-3-4-9-18(17)24-20/h3-9,12,15H,10-11,13H2,1-2H3,(H,21,23). The summed E-state index contributed by atoms with van der Waals surface area (Å²) < 4.78 is 1.20. The molecule has 0 spiro atoms. The molecule has 1 amide bonds. The van der Waals surface area contributed by atoms with Gasteiger partial charge in [0.15, 0.2) is 0 Å². The Kier molecular flexibility index (Phi) is 5.26. The molecule has 124 valence electrons. The molecular weight excluding hydrogens is 316 g/mol. The molecular formula is C20H22N2OS. The minimum absolute atomic E-state index is 0.101. The molecule has 1 N–H and O–H groups in total. The maximum atomic E-state index is 12.1. The lowest BCUT2D eigenvalue weighted by molar-refractivity contribution is -0.121. The number of hydrogen-bond donors (Lipinski definition) is 1. The molecule has 3 nitrogen and oxygen atoms in total. The van der Waals surface area contributed by atoms with E-state index >= 15 is 0 Å². The van der Waals surface area contributed by atoms with Crippen molar-refractivity contribution >= 4 is 27.5 Å². The highest BCUT2D eigenvalue weighted by Crippen LogP contribution is 2.26. The van der Waals surface area contributed by atoms with Gasteiger partial charge in [-0.25, -0.2) is 4.98 Å². The number of carbonyl (C=O) groups excluding carboxylic acids is 1. The van der Waals surface area contributed by atoms with E-state index in [1.165, 1.54) is 15.8 Å². The zero-order chi connectivity index (χ0) is 16.9. The van der Waals surface area contributed by atoms with E-state index < -0.39 is 0 Å². The molecule has 3 aromatic rings. The fourth-order valence-electron chi connectivity index (χ4n) is 2.67. The summed E-state index contributed by atoms with van der Waals surface area (Å²) in [5.41, 5.74) is 3.48. The van der Waals surface area contributed by atoms with Gasteiger partial charge >= 0.3 is 0 Å². The summed E-state index contributed by atoms with van der Waals surface area (Å²) in [6, 6.07) is 16.5. The van der Waals surface area contributed by atoms with E-state index in [4.69, 9.17) is 0 Å². The first-order valence-electron chi connectivity index (χ1n) is 8.29. The number of hydrogen-bond acceptors (Lipinski definition) is 3. The van der Waals surface area contributed by atoms with Crippen molar-refractivity contribution in [1.29, 1.82) is 0 Å². The Morgan fingerprint density at radius 1 is 1.21 bits per heavy atom. The molecule has 0 radical (unpaired) electrons. The third kappa shape index (κ3) is 4.20. The smallest absolute Gasteiger partial charge is 0.220 e. The highest BCUT2D eigenvalue weighted by Gasteiger charge is 2.12. The fraction of sp³-hybridized carbons (Fsp3) is 0.300. The van der Waals surface area contributed by atoms with Crippen LogP contribution in [-0.2, 0) is 11.2 Å². The first-order valence-corrected chi connectivity index (χ1v) is 9.11. The number of para-hydroxylation sites is 1. The van der Waals surface area contributed by atoms with E-state index in [9.17, 15) is 4.79 Å². The Morgan fingerprint density at radius 2 is 2.04 bits per heavy atom. The van der Waals surface area contributed by atoms with E-state index in [1.807, 2.05) is 24.3 Å². The number of thiazole rings is 1. The van der Waals surface area contributed by atoms with Gasteiger partial charge in [-0.15, -0.1) is 11.3 Å². The normalized spacial score (nSPS) is 12.2. The summed E-state index contributed by atoms with van der Waals surface area (Å²) in [5, 5.41) is 4.12. The molecule has 0 saturated heterocycles. The van der Waals surface area contributed by atoms with Crippen LogP contribution in [0.15, 0.2) is 48.5 Å². The molecule has 1 heterocycles. The predicted octanol–water partition coefficient (Wildman–Crippen LogP) is 4.46. The van der Waals surface area contributed by atoms with Crippen molar-refractivity contribution in [2.24, 2.45) is 0 Å². The molecule has 1 aromatic heterocycles. The Balaban J connectivity index is 1.50. The van der Waals surface area contributed by atoms with Crippen molar-refractivity contribution in [3.8, 4) is 0 Å². The molecule has 0 aliphatic heterocycles. The van der Waals surface area contributed by atoms with Crippen LogP contribution in [0.1, 0.15) is 35.4 Å². The maximum Gasteiger partial charge on any atom is 0.220 e. The zero-order valence-corrected chi connectivity index (χ0v) is 14.9. The quantitative estimate of drug-likeness (QED) is 0.721. The molecule has 24 heavy (non-hydrogen) atoms. The molecule has 3 rings (SSSR count). The number of carbonyl (C=O) groups is 1. The molecule has 4 heteroatoms. The number of nitrogens with one attached hydrogen (secondary N) is 1. The van der Waals surface area contributed by atoms with Crippen molar-refractivity contribution in [2.45, 2.75) is 32.6 Å². The van der Waals surface area contributed by atoms with Gasteiger partial charge in [0.2, 0.25) is 5.91 Å². The van der Waals surface area contributed by atoms with Crippen LogP contribution < -0.4 is 5.32 Å². The van der Waals surface area contributed by atoms with Gasteiger partial charge in [-0.1, -0.05) is 48.9 Å². The molecule has 1 atom stereocenters. The van der Waals surface area contributed by atoms with Crippen molar-refractivity contribution in [3.05, 3.63) is 64.7 Å². The molecule has 0 saturated carbocycles. The van der Waals surface area contributed by atoms with E-state index in [-0.39, 0.29) is 11.8 Å². The van der Waals surface area contributed by atoms with Crippen LogP contribution in [0, 0.1) is 6.92 Å². The van der Waals surface area contributed by atoms with Crippen molar-refractivity contribution in [1.82, 2.24) is 10.3 Å². The number of aromatic nitrogens is 1. The summed E-state index contributed by atoms with van der Waals surface area (Å²) in [4.78, 5) is 16.7. The Morgan fingerprint density at radius 3 is 2.83 bits per heavy atom. The number of fused-ring (bicyclic) bond motifs is 1. The molecule has 0 bridgehead atoms. The van der Waals surface area contributed by atoms with Crippen molar-refractivity contribution < 1.29 is 4.79 Å². The average molecular weight is 338 g/mol. The fourth-order valence-corrected chi connectivity index (χ4v) is 3.69. The van der Waals surface area contributed by atoms with Crippen LogP contribution >= 0.6 is 11.3 Å². The minimum atomic E-state index is 0.101. The predicted molar refractivity (Wildman–Crippen MR) is 101 cm³/mol. The number of nitrogens with zero attached hydrogens (tertiary/aromatic N) is 1. The Hall–Kier alpha value is -2.20. The average Bonchev–Trinajstić information content (AvgIpc) is 3.02. The van der Waals surface area contributed by atoms with Crippen LogP contribution in [-0.4, -0.2) is 17.4 Å². The van der Waals surface area contributed by atoms with Gasteiger partial charge in [0.05, 0.1) is 15.2 Å². The topological polar surface area (TPSA) is 42.0 Å². The van der Waals surface area contributed by atoms with Gasteiger partial charge in [0.1, 0.15) is 0 Å². The lowest BCUT2D eigenvalue weighted by atomic mass is 10.1. The second kappa shape index (κ2) is 7.58. The number of rotatable bonds is 6. The molecule has 2 aromatic carbocycles. The highest BCUT2D eigenvalue weighted by atomic mass is 32.1. The van der Waals surface area contributed by atoms with Crippen molar-refractivity contribution in [3.63, 3.8) is 0 Å². The monoisotopic (exact) mass is 338 g/mol. The van der Waals surface area contributed by atoms with Gasteiger partial charge in [0, 0.05) is 18.9 Å². The second-order valence-corrected chi connectivity index (χ2v) is 7.28. The van der Waals surface area contributed by atoms with Crippen molar-refractivity contribution in [2.75, 3.05) is 6.54 Å². The van der Waals surface area contributed by atoms with Crippen LogP contribution in [0.3, 0.4) is 0 Å². The van der Waals surface area contributed by atoms with E-state index in [0.29, 0.717) is 13.0 Å². The second-order valence-electron chi connectivity index (χ2n) is 6.21. The first kappa shape index (κ1) is 16.7. The van der Waals surface area contributed by atoms with Gasteiger partial charge < -0.3 is 5.32 Å². The summed E-state index contributed by atoms with van der Waals surface area (Å²) in [6.45, 7) is 4.81. The minimum Gasteiger partial charge on any atom is -0.355 e. The molecule has 0 aliphatic carbocycles. The van der Waals surface area contributed by atoms with Gasteiger partial charge in [-0.2, -0.15) is 0 Å².